The van der Waals surface area contributed by atoms with Crippen molar-refractivity contribution in [3.63, 3.8) is 0 Å². The first-order chi connectivity index (χ1) is 17.1. The highest BCUT2D eigenvalue weighted by Gasteiger charge is 2.30. The molecule has 1 aromatic rings. The lowest BCUT2D eigenvalue weighted by Gasteiger charge is -2.25. The number of pyridine rings is 1. The normalized spacial score (nSPS) is 19.0. The van der Waals surface area contributed by atoms with Gasteiger partial charge in [-0.1, -0.05) is 6.07 Å². The number of aliphatic carboxylic acids is 1. The molecule has 3 heterocycles. The lowest BCUT2D eigenvalue weighted by molar-refractivity contribution is -0.139. The fourth-order valence-corrected chi connectivity index (χ4v) is 4.89. The number of hydrogen-bond donors (Lipinski definition) is 3. The number of aryl methyl sites for hydroxylation is 2. The summed E-state index contributed by atoms with van der Waals surface area (Å²) in [5.41, 5.74) is 2.44. The number of unbranched alkanes of at least 4 members (excludes halogenated alkanes) is 1. The van der Waals surface area contributed by atoms with E-state index in [1.165, 1.54) is 12.0 Å². The molecule has 0 spiro atoms. The number of carbonyl (C=O) groups is 2. The van der Waals surface area contributed by atoms with Gasteiger partial charge in [-0.3, -0.25) is 0 Å². The van der Waals surface area contributed by atoms with Crippen LogP contribution in [0, 0.1) is 5.92 Å². The van der Waals surface area contributed by atoms with E-state index in [-0.39, 0.29) is 5.92 Å². The smallest absolute Gasteiger partial charge is 0.407 e. The van der Waals surface area contributed by atoms with Crippen molar-refractivity contribution in [1.82, 2.24) is 15.2 Å². The van der Waals surface area contributed by atoms with Crippen molar-refractivity contribution in [2.24, 2.45) is 5.92 Å². The Balaban J connectivity index is 1.16. The van der Waals surface area contributed by atoms with Crippen molar-refractivity contribution in [3.8, 4) is 0 Å². The third kappa shape index (κ3) is 8.35. The summed E-state index contributed by atoms with van der Waals surface area (Å²) in [5, 5.41) is 15.6. The van der Waals surface area contributed by atoms with Crippen molar-refractivity contribution in [3.05, 3.63) is 23.4 Å². The van der Waals surface area contributed by atoms with Gasteiger partial charge in [-0.15, -0.1) is 0 Å². The standard InChI is InChI=1S/C26H40N4O5/c31-25(32)23(29-26(33)35-18-19-11-16-34-17-12-19)10-15-30(22-8-9-22)14-2-1-5-21-7-6-20-4-3-13-27-24(20)28-21/h6-7,19,22-23H,1-5,8-18H2,(H,27,28)(H,29,33)(H,31,32). The summed E-state index contributed by atoms with van der Waals surface area (Å²) in [5.74, 6) is 0.318. The molecule has 0 bridgehead atoms. The summed E-state index contributed by atoms with van der Waals surface area (Å²) in [6, 6.07) is 3.95. The first kappa shape index (κ1) is 25.7. The molecule has 2 fully saturated rings. The zero-order valence-corrected chi connectivity index (χ0v) is 20.7. The van der Waals surface area contributed by atoms with Crippen LogP contribution in [0.15, 0.2) is 12.1 Å². The summed E-state index contributed by atoms with van der Waals surface area (Å²) in [4.78, 5) is 31.1. The van der Waals surface area contributed by atoms with Crippen molar-refractivity contribution in [1.29, 1.82) is 0 Å². The van der Waals surface area contributed by atoms with Gasteiger partial charge in [0.25, 0.3) is 0 Å². The lowest BCUT2D eigenvalue weighted by atomic mass is 10.0. The van der Waals surface area contributed by atoms with E-state index in [1.807, 2.05) is 0 Å². The van der Waals surface area contributed by atoms with Gasteiger partial charge < -0.3 is 30.1 Å². The second kappa shape index (κ2) is 13.1. The topological polar surface area (TPSA) is 113 Å². The Morgan fingerprint density at radius 1 is 1.20 bits per heavy atom. The third-order valence-corrected chi connectivity index (χ3v) is 7.23. The number of fused-ring (bicyclic) bond motifs is 1. The molecule has 1 atom stereocenters. The van der Waals surface area contributed by atoms with Gasteiger partial charge in [-0.2, -0.15) is 0 Å². The monoisotopic (exact) mass is 488 g/mol. The Labute approximate surface area is 208 Å². The lowest BCUT2D eigenvalue weighted by Crippen LogP contribution is -2.44. The Bertz CT molecular complexity index is 841. The number of amides is 1. The predicted octanol–water partition coefficient (Wildman–Crippen LogP) is 3.22. The number of carboxylic acid groups (broad SMARTS) is 1. The van der Waals surface area contributed by atoms with Gasteiger partial charge >= 0.3 is 12.1 Å². The van der Waals surface area contributed by atoms with E-state index < -0.39 is 18.1 Å². The first-order valence-electron chi connectivity index (χ1n) is 13.3. The second-order valence-electron chi connectivity index (χ2n) is 10.0. The van der Waals surface area contributed by atoms with Crippen LogP contribution in [0.2, 0.25) is 0 Å². The zero-order chi connectivity index (χ0) is 24.5. The van der Waals surface area contributed by atoms with Crippen LogP contribution < -0.4 is 10.6 Å². The van der Waals surface area contributed by atoms with Crippen molar-refractivity contribution in [2.75, 3.05) is 44.8 Å². The van der Waals surface area contributed by atoms with E-state index in [2.05, 4.69) is 27.7 Å². The largest absolute Gasteiger partial charge is 0.480 e. The van der Waals surface area contributed by atoms with Crippen molar-refractivity contribution >= 4 is 17.9 Å². The van der Waals surface area contributed by atoms with E-state index in [0.717, 1.165) is 76.0 Å². The number of hydrogen-bond acceptors (Lipinski definition) is 7. The Hall–Kier alpha value is -2.39. The minimum Gasteiger partial charge on any atom is -0.480 e. The minimum atomic E-state index is -1.02. The molecule has 2 aliphatic heterocycles. The number of ether oxygens (including phenoxy) is 2. The fraction of sp³-hybridized carbons (Fsp3) is 0.731. The molecule has 1 aliphatic carbocycles. The van der Waals surface area contributed by atoms with Crippen LogP contribution in [0.3, 0.4) is 0 Å². The Morgan fingerprint density at radius 2 is 2.03 bits per heavy atom. The number of nitrogens with zero attached hydrogens (tertiary/aromatic N) is 2. The average Bonchev–Trinajstić information content (AvgIpc) is 3.72. The van der Waals surface area contributed by atoms with Crippen LogP contribution in [-0.2, 0) is 27.1 Å². The van der Waals surface area contributed by atoms with Gasteiger partial charge in [-0.25, -0.2) is 14.6 Å². The number of anilines is 1. The summed E-state index contributed by atoms with van der Waals surface area (Å²) >= 11 is 0. The molecular weight excluding hydrogens is 448 g/mol. The molecule has 194 valence electrons. The van der Waals surface area contributed by atoms with Gasteiger partial charge in [0, 0.05) is 38.0 Å². The second-order valence-corrected chi connectivity index (χ2v) is 10.0. The highest BCUT2D eigenvalue weighted by Crippen LogP contribution is 2.27. The number of alkyl carbamates (subject to hydrolysis) is 1. The number of rotatable bonds is 13. The van der Waals surface area contributed by atoms with E-state index in [4.69, 9.17) is 14.5 Å². The molecule has 3 aliphatic rings. The van der Waals surface area contributed by atoms with Crippen LogP contribution >= 0.6 is 0 Å². The number of carbonyl (C=O) groups excluding carboxylic acids is 1. The maximum atomic E-state index is 12.2. The van der Waals surface area contributed by atoms with Crippen LogP contribution in [-0.4, -0.2) is 78.6 Å². The van der Waals surface area contributed by atoms with Crippen molar-refractivity contribution < 1.29 is 24.2 Å². The van der Waals surface area contributed by atoms with Crippen LogP contribution in [0.4, 0.5) is 10.6 Å². The molecule has 1 amide bonds. The Morgan fingerprint density at radius 3 is 2.80 bits per heavy atom. The minimum absolute atomic E-state index is 0.288. The van der Waals surface area contributed by atoms with Gasteiger partial charge in [0.1, 0.15) is 11.9 Å². The van der Waals surface area contributed by atoms with Gasteiger partial charge in [0.05, 0.1) is 6.61 Å². The predicted molar refractivity (Wildman–Crippen MR) is 133 cm³/mol. The molecule has 1 saturated heterocycles. The summed E-state index contributed by atoms with van der Waals surface area (Å²) < 4.78 is 10.6. The SMILES string of the molecule is O=C(NC(CCN(CCCCc1ccc2c(n1)NCCC2)C1CC1)C(=O)O)OCC1CCOCC1. The fourth-order valence-electron chi connectivity index (χ4n) is 4.89. The maximum absolute atomic E-state index is 12.2. The van der Waals surface area contributed by atoms with E-state index in [9.17, 15) is 14.7 Å². The molecule has 35 heavy (non-hydrogen) atoms. The highest BCUT2D eigenvalue weighted by molar-refractivity contribution is 5.79. The average molecular weight is 489 g/mol. The van der Waals surface area contributed by atoms with E-state index in [1.54, 1.807) is 0 Å². The summed E-state index contributed by atoms with van der Waals surface area (Å²) in [7, 11) is 0. The molecule has 9 heteroatoms. The summed E-state index contributed by atoms with van der Waals surface area (Å²) in [6.07, 6.45) is 9.10. The molecule has 1 saturated carbocycles. The number of nitrogens with one attached hydrogen (secondary N) is 2. The van der Waals surface area contributed by atoms with Crippen LogP contribution in [0.25, 0.3) is 0 Å². The van der Waals surface area contributed by atoms with Gasteiger partial charge in [0.15, 0.2) is 0 Å². The van der Waals surface area contributed by atoms with Crippen LogP contribution in [0.5, 0.6) is 0 Å². The summed E-state index contributed by atoms with van der Waals surface area (Å²) in [6.45, 7) is 4.28. The molecule has 1 aromatic heterocycles. The maximum Gasteiger partial charge on any atom is 0.407 e. The van der Waals surface area contributed by atoms with Gasteiger partial charge in [0.2, 0.25) is 0 Å². The highest BCUT2D eigenvalue weighted by atomic mass is 16.5. The number of carboxylic acids is 1. The molecule has 4 rings (SSSR count). The Kier molecular flexibility index (Phi) is 9.59. The molecule has 1 unspecified atom stereocenters. The van der Waals surface area contributed by atoms with E-state index >= 15 is 0 Å². The van der Waals surface area contributed by atoms with Crippen molar-refractivity contribution in [2.45, 2.75) is 76.3 Å². The molecule has 0 radical (unpaired) electrons. The van der Waals surface area contributed by atoms with Crippen LogP contribution in [0.1, 0.15) is 62.6 Å². The molecule has 3 N–H and O–H groups in total. The first-order valence-corrected chi connectivity index (χ1v) is 13.3. The third-order valence-electron chi connectivity index (χ3n) is 7.23. The molecule has 0 aromatic carbocycles. The quantitative estimate of drug-likeness (QED) is 0.363. The molecule has 9 nitrogen and oxygen atoms in total. The number of aromatic nitrogens is 1. The van der Waals surface area contributed by atoms with E-state index in [0.29, 0.717) is 38.8 Å². The van der Waals surface area contributed by atoms with Gasteiger partial charge in [-0.05, 0) is 88.3 Å². The zero-order valence-electron chi connectivity index (χ0n) is 20.7. The molecular formula is C26H40N4O5.